The number of aryl methyl sites for hydroxylation is 1. The van der Waals surface area contributed by atoms with Gasteiger partial charge >= 0.3 is 0 Å². The first kappa shape index (κ1) is 20.4. The van der Waals surface area contributed by atoms with Crippen LogP contribution < -0.4 is 5.32 Å². The first-order valence-electron chi connectivity index (χ1n) is 9.66. The first-order valence-corrected chi connectivity index (χ1v) is 10.9. The van der Waals surface area contributed by atoms with E-state index in [4.69, 9.17) is 12.2 Å². The third-order valence-electron chi connectivity index (χ3n) is 4.95. The van der Waals surface area contributed by atoms with Crippen LogP contribution in [0.1, 0.15) is 18.1 Å². The van der Waals surface area contributed by atoms with Crippen molar-refractivity contribution in [3.8, 4) is 0 Å². The molecular weight excluding hydrogens is 414 g/mol. The number of thioether (sulfide) groups is 1. The van der Waals surface area contributed by atoms with Crippen LogP contribution in [0.5, 0.6) is 0 Å². The number of hydrogen-bond acceptors (Lipinski definition) is 4. The van der Waals surface area contributed by atoms with Crippen LogP contribution in [0, 0.1) is 6.92 Å². The summed E-state index contributed by atoms with van der Waals surface area (Å²) in [7, 11) is 0. The van der Waals surface area contributed by atoms with Crippen LogP contribution in [0.25, 0.3) is 17.0 Å². The largest absolute Gasteiger partial charge is 0.337 e. The third-order valence-corrected chi connectivity index (χ3v) is 6.32. The lowest BCUT2D eigenvalue weighted by atomic mass is 10.1. The molecule has 152 valence electrons. The number of para-hydroxylation sites is 1. The molecule has 2 heterocycles. The van der Waals surface area contributed by atoms with E-state index >= 15 is 0 Å². The Balaban J connectivity index is 1.62. The highest BCUT2D eigenvalue weighted by Crippen LogP contribution is 2.34. The molecule has 0 unspecified atom stereocenters. The standard InChI is InChI=1S/C23H21N3O2S2/c1-3-26-22(28)20(30-23(26)29)12-16-13-25(19-7-5-4-6-18(16)19)14-21(27)24-17-10-8-15(2)9-11-17/h4-13H,3,14H2,1-2H3,(H,24,27). The Morgan fingerprint density at radius 2 is 1.90 bits per heavy atom. The Morgan fingerprint density at radius 1 is 1.17 bits per heavy atom. The summed E-state index contributed by atoms with van der Waals surface area (Å²) < 4.78 is 2.49. The topological polar surface area (TPSA) is 54.3 Å². The molecule has 3 aromatic rings. The summed E-state index contributed by atoms with van der Waals surface area (Å²) in [6.45, 7) is 4.65. The molecule has 7 heteroatoms. The highest BCUT2D eigenvalue weighted by molar-refractivity contribution is 8.26. The number of rotatable bonds is 5. The van der Waals surface area contributed by atoms with Gasteiger partial charge in [-0.05, 0) is 38.1 Å². The Kier molecular flexibility index (Phi) is 5.74. The quantitative estimate of drug-likeness (QED) is 0.462. The number of anilines is 1. The fourth-order valence-corrected chi connectivity index (χ4v) is 4.80. The normalized spacial score (nSPS) is 15.4. The zero-order chi connectivity index (χ0) is 21.3. The van der Waals surface area contributed by atoms with Gasteiger partial charge < -0.3 is 9.88 Å². The molecule has 0 spiro atoms. The molecule has 0 aliphatic carbocycles. The van der Waals surface area contributed by atoms with Crippen molar-refractivity contribution in [2.75, 3.05) is 11.9 Å². The van der Waals surface area contributed by atoms with E-state index in [0.717, 1.165) is 27.7 Å². The Morgan fingerprint density at radius 3 is 2.60 bits per heavy atom. The van der Waals surface area contributed by atoms with Gasteiger partial charge in [-0.2, -0.15) is 0 Å². The van der Waals surface area contributed by atoms with E-state index < -0.39 is 0 Å². The number of nitrogens with one attached hydrogen (secondary N) is 1. The highest BCUT2D eigenvalue weighted by atomic mass is 32.2. The average molecular weight is 436 g/mol. The number of benzene rings is 2. The number of amides is 2. The molecule has 0 atom stereocenters. The van der Waals surface area contributed by atoms with Crippen molar-refractivity contribution in [3.05, 3.63) is 70.8 Å². The van der Waals surface area contributed by atoms with Crippen LogP contribution in [0.3, 0.4) is 0 Å². The minimum atomic E-state index is -0.108. The number of nitrogens with zero attached hydrogens (tertiary/aromatic N) is 2. The Labute approximate surface area is 184 Å². The van der Waals surface area contributed by atoms with Gasteiger partial charge in [-0.25, -0.2) is 0 Å². The van der Waals surface area contributed by atoms with Crippen LogP contribution in [0.2, 0.25) is 0 Å². The van der Waals surface area contributed by atoms with E-state index in [2.05, 4.69) is 5.32 Å². The van der Waals surface area contributed by atoms with Gasteiger partial charge in [0.15, 0.2) is 0 Å². The number of carbonyl (C=O) groups is 2. The number of thiocarbonyl (C=S) groups is 1. The number of fused-ring (bicyclic) bond motifs is 1. The van der Waals surface area contributed by atoms with Crippen LogP contribution in [0.15, 0.2) is 59.6 Å². The SMILES string of the molecule is CCN1C(=O)C(=Cc2cn(CC(=O)Nc3ccc(C)cc3)c3ccccc23)SC1=S. The van der Waals surface area contributed by atoms with Crippen molar-refractivity contribution in [2.24, 2.45) is 0 Å². The van der Waals surface area contributed by atoms with E-state index in [-0.39, 0.29) is 18.4 Å². The van der Waals surface area contributed by atoms with E-state index in [1.807, 2.05) is 79.2 Å². The maximum Gasteiger partial charge on any atom is 0.266 e. The number of aromatic nitrogens is 1. The molecule has 4 rings (SSSR count). The van der Waals surface area contributed by atoms with Crippen molar-refractivity contribution >= 4 is 62.8 Å². The summed E-state index contributed by atoms with van der Waals surface area (Å²) in [6, 6.07) is 15.6. The van der Waals surface area contributed by atoms with E-state index in [0.29, 0.717) is 15.8 Å². The molecule has 1 N–H and O–H groups in total. The molecule has 0 bridgehead atoms. The third kappa shape index (κ3) is 4.04. The van der Waals surface area contributed by atoms with Crippen LogP contribution >= 0.6 is 24.0 Å². The minimum Gasteiger partial charge on any atom is -0.337 e. The Bertz CT molecular complexity index is 1180. The first-order chi connectivity index (χ1) is 14.5. The van der Waals surface area contributed by atoms with Crippen molar-refractivity contribution in [1.29, 1.82) is 0 Å². The molecule has 5 nitrogen and oxygen atoms in total. The maximum absolute atomic E-state index is 12.6. The minimum absolute atomic E-state index is 0.0681. The molecule has 0 radical (unpaired) electrons. The van der Waals surface area contributed by atoms with Crippen molar-refractivity contribution in [2.45, 2.75) is 20.4 Å². The van der Waals surface area contributed by atoms with E-state index in [9.17, 15) is 9.59 Å². The van der Waals surface area contributed by atoms with Crippen molar-refractivity contribution in [1.82, 2.24) is 9.47 Å². The second-order valence-electron chi connectivity index (χ2n) is 7.07. The Hall–Kier alpha value is -2.90. The van der Waals surface area contributed by atoms with Crippen LogP contribution in [-0.4, -0.2) is 32.1 Å². The highest BCUT2D eigenvalue weighted by Gasteiger charge is 2.30. The summed E-state index contributed by atoms with van der Waals surface area (Å²) >= 11 is 6.62. The lowest BCUT2D eigenvalue weighted by Crippen LogP contribution is -2.27. The van der Waals surface area contributed by atoms with Crippen LogP contribution in [0.4, 0.5) is 5.69 Å². The second-order valence-corrected chi connectivity index (χ2v) is 8.75. The van der Waals surface area contributed by atoms with Gasteiger partial charge in [0.2, 0.25) is 5.91 Å². The fourth-order valence-electron chi connectivity index (χ4n) is 3.43. The molecule has 30 heavy (non-hydrogen) atoms. The molecule has 1 aromatic heterocycles. The monoisotopic (exact) mass is 435 g/mol. The summed E-state index contributed by atoms with van der Waals surface area (Å²) in [5.74, 6) is -0.176. The van der Waals surface area contributed by atoms with Gasteiger partial charge in [0.25, 0.3) is 5.91 Å². The molecule has 1 aliphatic heterocycles. The molecular formula is C23H21N3O2S2. The lowest BCUT2D eigenvalue weighted by molar-refractivity contribution is -0.122. The molecule has 2 amide bonds. The molecule has 1 aliphatic rings. The predicted molar refractivity (Wildman–Crippen MR) is 127 cm³/mol. The zero-order valence-corrected chi connectivity index (χ0v) is 18.3. The molecule has 0 saturated carbocycles. The number of likely N-dealkylation sites (N-methyl/N-ethyl adjacent to an activating group) is 1. The molecule has 1 fully saturated rings. The van der Waals surface area contributed by atoms with Gasteiger partial charge in [-0.1, -0.05) is 59.9 Å². The fraction of sp³-hybridized carbons (Fsp3) is 0.174. The second kappa shape index (κ2) is 8.45. The van der Waals surface area contributed by atoms with Gasteiger partial charge in [-0.3, -0.25) is 14.5 Å². The summed E-state index contributed by atoms with van der Waals surface area (Å²) in [5.41, 5.74) is 3.74. The van der Waals surface area contributed by atoms with Crippen molar-refractivity contribution < 1.29 is 9.59 Å². The maximum atomic E-state index is 12.6. The summed E-state index contributed by atoms with van der Waals surface area (Å²) in [6.07, 6.45) is 3.78. The van der Waals surface area contributed by atoms with Gasteiger partial charge in [0.1, 0.15) is 10.9 Å². The average Bonchev–Trinajstić information content (AvgIpc) is 3.20. The van der Waals surface area contributed by atoms with Gasteiger partial charge in [0.05, 0.1) is 4.91 Å². The smallest absolute Gasteiger partial charge is 0.266 e. The van der Waals surface area contributed by atoms with Gasteiger partial charge in [-0.15, -0.1) is 0 Å². The van der Waals surface area contributed by atoms with Gasteiger partial charge in [0, 0.05) is 34.9 Å². The van der Waals surface area contributed by atoms with Crippen molar-refractivity contribution in [3.63, 3.8) is 0 Å². The summed E-state index contributed by atoms with van der Waals surface area (Å²) in [5, 5.41) is 3.92. The molecule has 2 aromatic carbocycles. The summed E-state index contributed by atoms with van der Waals surface area (Å²) in [4.78, 5) is 27.4. The molecule has 1 saturated heterocycles. The van der Waals surface area contributed by atoms with Crippen LogP contribution in [-0.2, 0) is 16.1 Å². The zero-order valence-electron chi connectivity index (χ0n) is 16.7. The lowest BCUT2D eigenvalue weighted by Gasteiger charge is -2.09. The number of hydrogen-bond donors (Lipinski definition) is 1. The van der Waals surface area contributed by atoms with E-state index in [1.165, 1.54) is 11.8 Å². The number of carbonyl (C=O) groups excluding carboxylic acids is 2. The van der Waals surface area contributed by atoms with E-state index in [1.54, 1.807) is 4.90 Å². The predicted octanol–water partition coefficient (Wildman–Crippen LogP) is 4.81.